The van der Waals surface area contributed by atoms with Crippen molar-refractivity contribution in [2.75, 3.05) is 4.90 Å². The summed E-state index contributed by atoms with van der Waals surface area (Å²) in [7, 11) is 0. The number of hydrogen-bond acceptors (Lipinski definition) is 5. The van der Waals surface area contributed by atoms with Crippen LogP contribution in [0.1, 0.15) is 0 Å². The molecule has 0 aliphatic carbocycles. The largest absolute Gasteiger partial charge is 0.457 e. The second-order valence-electron chi connectivity index (χ2n) is 7.27. The van der Waals surface area contributed by atoms with E-state index in [-0.39, 0.29) is 0 Å². The van der Waals surface area contributed by atoms with Gasteiger partial charge in [-0.2, -0.15) is 5.10 Å². The lowest BCUT2D eigenvalue weighted by Crippen LogP contribution is -2.15. The van der Waals surface area contributed by atoms with Crippen LogP contribution in [-0.2, 0) is 0 Å². The molecule has 32 heavy (non-hydrogen) atoms. The van der Waals surface area contributed by atoms with Crippen molar-refractivity contribution < 1.29 is 4.74 Å². The normalized spacial score (nSPS) is 12.2. The Morgan fingerprint density at radius 3 is 2.44 bits per heavy atom. The summed E-state index contributed by atoms with van der Waals surface area (Å²) in [4.78, 5) is 9.17. The Morgan fingerprint density at radius 1 is 0.688 bits per heavy atom. The van der Waals surface area contributed by atoms with Gasteiger partial charge in [-0.1, -0.05) is 36.0 Å². The third-order valence-electron chi connectivity index (χ3n) is 5.20. The fourth-order valence-electron chi connectivity index (χ4n) is 3.78. The van der Waals surface area contributed by atoms with Crippen LogP contribution in [0.3, 0.4) is 0 Å². The second-order valence-corrected chi connectivity index (χ2v) is 8.36. The van der Waals surface area contributed by atoms with Crippen molar-refractivity contribution in [2.24, 2.45) is 0 Å². The number of anilines is 3. The highest BCUT2D eigenvalue weighted by atomic mass is 32.2. The van der Waals surface area contributed by atoms with Gasteiger partial charge >= 0.3 is 0 Å². The molecule has 6 rings (SSSR count). The van der Waals surface area contributed by atoms with E-state index in [1.807, 2.05) is 71.7 Å². The monoisotopic (exact) mass is 434 g/mol. The molecule has 5 nitrogen and oxygen atoms in total. The number of rotatable bonds is 4. The van der Waals surface area contributed by atoms with E-state index in [9.17, 15) is 0 Å². The molecule has 0 amide bonds. The van der Waals surface area contributed by atoms with E-state index in [0.29, 0.717) is 0 Å². The summed E-state index contributed by atoms with van der Waals surface area (Å²) < 4.78 is 8.07. The zero-order valence-corrected chi connectivity index (χ0v) is 17.8. The Bertz CT molecular complexity index is 1390. The number of nitrogens with zero attached hydrogens (tertiary/aromatic N) is 4. The van der Waals surface area contributed by atoms with Gasteiger partial charge in [-0.25, -0.2) is 9.67 Å². The van der Waals surface area contributed by atoms with Gasteiger partial charge in [0.2, 0.25) is 0 Å². The van der Waals surface area contributed by atoms with E-state index in [2.05, 4.69) is 51.4 Å². The molecule has 0 atom stereocenters. The molecule has 5 aromatic rings. The minimum absolute atomic E-state index is 0.756. The van der Waals surface area contributed by atoms with Crippen LogP contribution in [0, 0.1) is 0 Å². The summed E-state index contributed by atoms with van der Waals surface area (Å²) in [6, 6.07) is 30.4. The fraction of sp³-hybridized carbons (Fsp3) is 0. The minimum atomic E-state index is 0.756. The molecule has 0 fully saturated rings. The lowest BCUT2D eigenvalue weighted by Gasteiger charge is -2.32. The molecule has 3 aromatic carbocycles. The smallest absolute Gasteiger partial charge is 0.137 e. The number of aromatic nitrogens is 3. The van der Waals surface area contributed by atoms with Gasteiger partial charge in [0.1, 0.15) is 17.3 Å². The molecule has 1 aliphatic heterocycles. The maximum Gasteiger partial charge on any atom is 0.137 e. The molecular weight excluding hydrogens is 416 g/mol. The van der Waals surface area contributed by atoms with Crippen molar-refractivity contribution in [3.63, 3.8) is 0 Å². The Kier molecular flexibility index (Phi) is 4.62. The van der Waals surface area contributed by atoms with Gasteiger partial charge in [0.25, 0.3) is 0 Å². The molecule has 0 saturated heterocycles. The van der Waals surface area contributed by atoms with Gasteiger partial charge in [0, 0.05) is 40.5 Å². The lowest BCUT2D eigenvalue weighted by molar-refractivity contribution is 0.482. The molecule has 3 heterocycles. The molecule has 0 bridgehead atoms. The van der Waals surface area contributed by atoms with Crippen LogP contribution in [0.5, 0.6) is 11.5 Å². The summed E-state index contributed by atoms with van der Waals surface area (Å²) in [6.45, 7) is 0. The quantitative estimate of drug-likeness (QED) is 0.299. The molecular formula is C26H18N4OS. The number of pyridine rings is 1. The first kappa shape index (κ1) is 18.7. The van der Waals surface area contributed by atoms with Crippen molar-refractivity contribution in [1.29, 1.82) is 0 Å². The molecule has 0 saturated carbocycles. The first-order chi connectivity index (χ1) is 15.8. The fourth-order valence-corrected chi connectivity index (χ4v) is 4.82. The summed E-state index contributed by atoms with van der Waals surface area (Å²) >= 11 is 1.76. The van der Waals surface area contributed by atoms with Crippen LogP contribution in [0.15, 0.2) is 119 Å². The molecule has 6 heteroatoms. The number of fused-ring (bicyclic) bond motifs is 2. The highest BCUT2D eigenvalue weighted by Crippen LogP contribution is 2.51. The predicted molar refractivity (Wildman–Crippen MR) is 127 cm³/mol. The Morgan fingerprint density at radius 2 is 1.56 bits per heavy atom. The predicted octanol–water partition coefficient (Wildman–Crippen LogP) is 6.99. The number of para-hydroxylation sites is 1. The van der Waals surface area contributed by atoms with Gasteiger partial charge in [-0.15, -0.1) is 0 Å². The van der Waals surface area contributed by atoms with E-state index in [1.54, 1.807) is 18.0 Å². The summed E-state index contributed by atoms with van der Waals surface area (Å²) in [5, 5.41) is 4.30. The van der Waals surface area contributed by atoms with Crippen LogP contribution in [0.4, 0.5) is 17.2 Å². The average Bonchev–Trinajstić information content (AvgIpc) is 3.39. The molecule has 1 aliphatic rings. The molecule has 2 aromatic heterocycles. The maximum absolute atomic E-state index is 6.26. The van der Waals surface area contributed by atoms with Gasteiger partial charge in [0.15, 0.2) is 0 Å². The number of hydrogen-bond donors (Lipinski definition) is 0. The zero-order valence-electron chi connectivity index (χ0n) is 17.0. The minimum Gasteiger partial charge on any atom is -0.457 e. The third kappa shape index (κ3) is 3.40. The van der Waals surface area contributed by atoms with Crippen LogP contribution in [-0.4, -0.2) is 14.8 Å². The van der Waals surface area contributed by atoms with E-state index >= 15 is 0 Å². The van der Waals surface area contributed by atoms with Gasteiger partial charge in [0.05, 0.1) is 17.1 Å². The Balaban J connectivity index is 1.40. The highest BCUT2D eigenvalue weighted by Gasteiger charge is 2.25. The van der Waals surface area contributed by atoms with Crippen molar-refractivity contribution in [1.82, 2.24) is 14.8 Å². The van der Waals surface area contributed by atoms with Gasteiger partial charge in [-0.3, -0.25) is 4.90 Å². The van der Waals surface area contributed by atoms with Crippen LogP contribution in [0.25, 0.3) is 5.69 Å². The molecule has 0 unspecified atom stereocenters. The summed E-state index contributed by atoms with van der Waals surface area (Å²) in [6.07, 6.45) is 5.50. The van der Waals surface area contributed by atoms with Gasteiger partial charge < -0.3 is 4.74 Å². The zero-order chi connectivity index (χ0) is 21.3. The Hall–Kier alpha value is -4.03. The molecule has 0 spiro atoms. The van der Waals surface area contributed by atoms with E-state index in [1.165, 1.54) is 4.90 Å². The van der Waals surface area contributed by atoms with E-state index in [4.69, 9.17) is 4.74 Å². The second kappa shape index (κ2) is 7.90. The van der Waals surface area contributed by atoms with Crippen molar-refractivity contribution in [3.05, 3.63) is 110 Å². The lowest BCUT2D eigenvalue weighted by atomic mass is 10.2. The summed E-state index contributed by atoms with van der Waals surface area (Å²) in [5.74, 6) is 2.40. The van der Waals surface area contributed by atoms with E-state index < -0.39 is 0 Å². The molecule has 154 valence electrons. The van der Waals surface area contributed by atoms with Gasteiger partial charge in [-0.05, 0) is 54.6 Å². The molecule has 0 N–H and O–H groups in total. The van der Waals surface area contributed by atoms with Crippen LogP contribution >= 0.6 is 11.8 Å². The van der Waals surface area contributed by atoms with E-state index in [0.717, 1.165) is 39.3 Å². The topological polar surface area (TPSA) is 43.2 Å². The van der Waals surface area contributed by atoms with Crippen molar-refractivity contribution >= 4 is 29.0 Å². The highest BCUT2D eigenvalue weighted by molar-refractivity contribution is 7.99. The average molecular weight is 435 g/mol. The van der Waals surface area contributed by atoms with Crippen molar-refractivity contribution in [3.8, 4) is 17.2 Å². The number of ether oxygens (including phenoxy) is 1. The third-order valence-corrected chi connectivity index (χ3v) is 6.33. The standard InChI is InChI=1S/C26H18N4OS/c1-2-10-24-22(9-1)30(26-11-3-4-14-27-26)23-18-21(12-13-25(23)32-24)31-20-8-5-7-19(17-20)29-16-6-15-28-29/h1-18H. The number of benzene rings is 3. The SMILES string of the molecule is c1ccc(N2c3ccccc3Sc3ccc(Oc4cccc(-n5cccn5)c4)cc32)nc1. The van der Waals surface area contributed by atoms with Crippen molar-refractivity contribution in [2.45, 2.75) is 9.79 Å². The molecule has 0 radical (unpaired) electrons. The summed E-state index contributed by atoms with van der Waals surface area (Å²) in [5.41, 5.74) is 3.11. The van der Waals surface area contributed by atoms with Crippen LogP contribution < -0.4 is 9.64 Å². The Labute approximate surface area is 189 Å². The van der Waals surface area contributed by atoms with Crippen LogP contribution in [0.2, 0.25) is 0 Å². The maximum atomic E-state index is 6.26. The first-order valence-electron chi connectivity index (χ1n) is 10.3. The first-order valence-corrected chi connectivity index (χ1v) is 11.1.